The average Bonchev–Trinajstić information content (AvgIpc) is 2.72. The van der Waals surface area contributed by atoms with Crippen LogP contribution in [-0.2, 0) is 9.53 Å². The normalized spacial score (nSPS) is 16.3. The van der Waals surface area contributed by atoms with Crippen molar-refractivity contribution in [3.05, 3.63) is 22.7 Å². The van der Waals surface area contributed by atoms with E-state index in [4.69, 9.17) is 26.8 Å². The molecule has 1 aliphatic heterocycles. The molecule has 1 amide bonds. The standard InChI is InChI=1S/C21H32ClN3O4/c1-14(4-5-20(26)29-3)6-9-25-10-7-15(8-11-25)24-21(27)16-12-17(22)18(23)13-19(16)28-2/h12-15H,4-11,23H2,1-3H3,(H,24,27). The molecule has 1 atom stereocenters. The smallest absolute Gasteiger partial charge is 0.305 e. The van der Waals surface area contributed by atoms with Gasteiger partial charge in [-0.05, 0) is 44.2 Å². The van der Waals surface area contributed by atoms with E-state index in [1.807, 2.05) is 0 Å². The van der Waals surface area contributed by atoms with Crippen molar-refractivity contribution in [3.63, 3.8) is 0 Å². The third-order valence-corrected chi connectivity index (χ3v) is 5.82. The molecule has 2 rings (SSSR count). The minimum atomic E-state index is -0.196. The van der Waals surface area contributed by atoms with Crippen molar-refractivity contribution >= 4 is 29.2 Å². The lowest BCUT2D eigenvalue weighted by atomic mass is 9.99. The van der Waals surface area contributed by atoms with Crippen molar-refractivity contribution < 1.29 is 19.1 Å². The molecule has 7 nitrogen and oxygen atoms in total. The first kappa shape index (κ1) is 23.3. The number of esters is 1. The van der Waals surface area contributed by atoms with E-state index in [1.54, 1.807) is 12.1 Å². The summed E-state index contributed by atoms with van der Waals surface area (Å²) in [4.78, 5) is 26.3. The van der Waals surface area contributed by atoms with Gasteiger partial charge in [-0.25, -0.2) is 0 Å². The van der Waals surface area contributed by atoms with E-state index in [0.29, 0.717) is 34.4 Å². The number of nitrogen functional groups attached to an aromatic ring is 1. The number of ether oxygens (including phenoxy) is 2. The number of methoxy groups -OCH3 is 2. The number of nitrogens with two attached hydrogens (primary N) is 1. The van der Waals surface area contributed by atoms with Crippen molar-refractivity contribution in [2.45, 2.75) is 45.1 Å². The Hall–Kier alpha value is -1.99. The van der Waals surface area contributed by atoms with Gasteiger partial charge in [0, 0.05) is 31.6 Å². The molecule has 1 aliphatic rings. The highest BCUT2D eigenvalue weighted by atomic mass is 35.5. The molecular formula is C21H32ClN3O4. The van der Waals surface area contributed by atoms with Gasteiger partial charge in [-0.3, -0.25) is 9.59 Å². The zero-order chi connectivity index (χ0) is 21.4. The summed E-state index contributed by atoms with van der Waals surface area (Å²) in [5.41, 5.74) is 6.56. The van der Waals surface area contributed by atoms with Gasteiger partial charge in [0.25, 0.3) is 5.91 Å². The summed E-state index contributed by atoms with van der Waals surface area (Å²) in [6, 6.07) is 3.24. The van der Waals surface area contributed by atoms with Crippen LogP contribution in [-0.4, -0.2) is 56.7 Å². The number of amides is 1. The van der Waals surface area contributed by atoms with E-state index in [-0.39, 0.29) is 17.9 Å². The Kier molecular flexibility index (Phi) is 9.04. The number of likely N-dealkylation sites (tertiary alicyclic amines) is 1. The SMILES string of the molecule is COC(=O)CCC(C)CCN1CCC(NC(=O)c2cc(Cl)c(N)cc2OC)CC1. The molecule has 1 aromatic carbocycles. The minimum absolute atomic E-state index is 0.122. The fourth-order valence-corrected chi connectivity index (χ4v) is 3.66. The van der Waals surface area contributed by atoms with Crippen LogP contribution in [0.3, 0.4) is 0 Å². The number of halogens is 1. The molecule has 29 heavy (non-hydrogen) atoms. The maximum Gasteiger partial charge on any atom is 0.305 e. The number of anilines is 1. The van der Waals surface area contributed by atoms with Gasteiger partial charge in [-0.15, -0.1) is 0 Å². The second-order valence-corrected chi connectivity index (χ2v) is 8.08. The van der Waals surface area contributed by atoms with Gasteiger partial charge in [-0.2, -0.15) is 0 Å². The largest absolute Gasteiger partial charge is 0.496 e. The van der Waals surface area contributed by atoms with Crippen LogP contribution < -0.4 is 15.8 Å². The third kappa shape index (κ3) is 7.08. The topological polar surface area (TPSA) is 93.9 Å². The molecular weight excluding hydrogens is 394 g/mol. The lowest BCUT2D eigenvalue weighted by molar-refractivity contribution is -0.140. The number of rotatable bonds is 9. The van der Waals surface area contributed by atoms with Crippen molar-refractivity contribution in [1.82, 2.24) is 10.2 Å². The number of benzene rings is 1. The van der Waals surface area contributed by atoms with Crippen LogP contribution in [0.15, 0.2) is 12.1 Å². The first-order valence-corrected chi connectivity index (χ1v) is 10.4. The molecule has 0 aromatic heterocycles. The second kappa shape index (κ2) is 11.3. The maximum atomic E-state index is 12.7. The highest BCUT2D eigenvalue weighted by Gasteiger charge is 2.23. The summed E-state index contributed by atoms with van der Waals surface area (Å²) >= 11 is 6.06. The van der Waals surface area contributed by atoms with Crippen LogP contribution in [0.1, 0.15) is 49.4 Å². The molecule has 0 spiro atoms. The quantitative estimate of drug-likeness (QED) is 0.466. The summed E-state index contributed by atoms with van der Waals surface area (Å²) in [7, 11) is 2.93. The van der Waals surface area contributed by atoms with Crippen LogP contribution in [0, 0.1) is 5.92 Å². The Morgan fingerprint density at radius 3 is 2.59 bits per heavy atom. The average molecular weight is 426 g/mol. The van der Waals surface area contributed by atoms with Crippen molar-refractivity contribution in [1.29, 1.82) is 0 Å². The van der Waals surface area contributed by atoms with E-state index < -0.39 is 0 Å². The van der Waals surface area contributed by atoms with Crippen LogP contribution >= 0.6 is 11.6 Å². The first-order chi connectivity index (χ1) is 13.8. The van der Waals surface area contributed by atoms with Crippen molar-refractivity contribution in [3.8, 4) is 5.75 Å². The maximum absolute atomic E-state index is 12.7. The summed E-state index contributed by atoms with van der Waals surface area (Å²) in [5, 5.41) is 3.42. The van der Waals surface area contributed by atoms with E-state index >= 15 is 0 Å². The molecule has 0 radical (unpaired) electrons. The number of piperidine rings is 1. The highest BCUT2D eigenvalue weighted by Crippen LogP contribution is 2.29. The Morgan fingerprint density at radius 2 is 1.97 bits per heavy atom. The lowest BCUT2D eigenvalue weighted by Gasteiger charge is -2.33. The van der Waals surface area contributed by atoms with Crippen molar-refractivity contribution in [2.24, 2.45) is 5.92 Å². The third-order valence-electron chi connectivity index (χ3n) is 5.49. The Labute approximate surface area is 177 Å². The van der Waals surface area contributed by atoms with Crippen molar-refractivity contribution in [2.75, 3.05) is 39.6 Å². The van der Waals surface area contributed by atoms with Gasteiger partial charge >= 0.3 is 5.97 Å². The fourth-order valence-electron chi connectivity index (χ4n) is 3.49. The van der Waals surface area contributed by atoms with E-state index in [9.17, 15) is 9.59 Å². The highest BCUT2D eigenvalue weighted by molar-refractivity contribution is 6.33. The summed E-state index contributed by atoms with van der Waals surface area (Å²) in [6.07, 6.45) is 4.17. The summed E-state index contributed by atoms with van der Waals surface area (Å²) in [5.74, 6) is 0.558. The Bertz CT molecular complexity index is 705. The molecule has 0 bridgehead atoms. The van der Waals surface area contributed by atoms with Gasteiger partial charge < -0.3 is 25.4 Å². The number of carbonyl (C=O) groups excluding carboxylic acids is 2. The molecule has 1 aromatic rings. The summed E-state index contributed by atoms with van der Waals surface area (Å²) in [6.45, 7) is 5.05. The summed E-state index contributed by atoms with van der Waals surface area (Å²) < 4.78 is 9.96. The Morgan fingerprint density at radius 1 is 1.28 bits per heavy atom. The monoisotopic (exact) mass is 425 g/mol. The molecule has 1 fully saturated rings. The molecule has 1 saturated heterocycles. The first-order valence-electron chi connectivity index (χ1n) is 10.1. The minimum Gasteiger partial charge on any atom is -0.496 e. The fraction of sp³-hybridized carbons (Fsp3) is 0.619. The Balaban J connectivity index is 1.76. The number of nitrogens with zero attached hydrogens (tertiary/aromatic N) is 1. The van der Waals surface area contributed by atoms with Crippen LogP contribution in [0.5, 0.6) is 5.75 Å². The molecule has 1 heterocycles. The van der Waals surface area contributed by atoms with Crippen LogP contribution in [0.4, 0.5) is 5.69 Å². The molecule has 0 saturated carbocycles. The molecule has 8 heteroatoms. The molecule has 0 aliphatic carbocycles. The van der Waals surface area contributed by atoms with E-state index in [1.165, 1.54) is 14.2 Å². The van der Waals surface area contributed by atoms with Gasteiger partial charge in [0.05, 0.1) is 30.5 Å². The number of carbonyl (C=O) groups is 2. The number of hydrogen-bond acceptors (Lipinski definition) is 6. The lowest BCUT2D eigenvalue weighted by Crippen LogP contribution is -2.45. The predicted octanol–water partition coefficient (Wildman–Crippen LogP) is 3.10. The van der Waals surface area contributed by atoms with Gasteiger partial charge in [0.15, 0.2) is 0 Å². The molecule has 1 unspecified atom stereocenters. The van der Waals surface area contributed by atoms with Gasteiger partial charge in [0.1, 0.15) is 5.75 Å². The zero-order valence-corrected chi connectivity index (χ0v) is 18.3. The van der Waals surface area contributed by atoms with Gasteiger partial charge in [-0.1, -0.05) is 18.5 Å². The van der Waals surface area contributed by atoms with Crippen LogP contribution in [0.2, 0.25) is 5.02 Å². The van der Waals surface area contributed by atoms with Crippen LogP contribution in [0.25, 0.3) is 0 Å². The zero-order valence-electron chi connectivity index (χ0n) is 17.5. The number of nitrogens with one attached hydrogen (secondary N) is 1. The van der Waals surface area contributed by atoms with E-state index in [2.05, 4.69) is 17.1 Å². The molecule has 3 N–H and O–H groups in total. The number of hydrogen-bond donors (Lipinski definition) is 2. The molecule has 162 valence electrons. The van der Waals surface area contributed by atoms with E-state index in [0.717, 1.165) is 45.3 Å². The van der Waals surface area contributed by atoms with Gasteiger partial charge in [0.2, 0.25) is 0 Å². The predicted molar refractivity (Wildman–Crippen MR) is 114 cm³/mol. The second-order valence-electron chi connectivity index (χ2n) is 7.67.